The predicted molar refractivity (Wildman–Crippen MR) is 132 cm³/mol. The highest BCUT2D eigenvalue weighted by atomic mass is 35.5. The van der Waals surface area contributed by atoms with Crippen LogP contribution in [0.3, 0.4) is 0 Å². The van der Waals surface area contributed by atoms with Crippen LogP contribution in [0.5, 0.6) is 0 Å². The predicted octanol–water partition coefficient (Wildman–Crippen LogP) is 5.40. The molecule has 1 unspecified atom stereocenters. The molecule has 4 atom stereocenters. The second-order valence-corrected chi connectivity index (χ2v) is 10.3. The van der Waals surface area contributed by atoms with Gasteiger partial charge in [0.05, 0.1) is 11.5 Å². The number of nitrogens with zero attached hydrogens (tertiary/aromatic N) is 1. The quantitative estimate of drug-likeness (QED) is 0.342. The number of carbonyl (C=O) groups excluding carboxylic acids is 1. The maximum atomic E-state index is 13.2. The van der Waals surface area contributed by atoms with E-state index < -0.39 is 23.6 Å². The lowest BCUT2D eigenvalue weighted by atomic mass is 9.74. The van der Waals surface area contributed by atoms with Gasteiger partial charge in [-0.3, -0.25) is 4.79 Å². The number of alkyl halides is 3. The van der Waals surface area contributed by atoms with Crippen LogP contribution < -0.4 is 5.32 Å². The van der Waals surface area contributed by atoms with E-state index in [1.54, 1.807) is 31.2 Å². The zero-order valence-electron chi connectivity index (χ0n) is 21.0. The second kappa shape index (κ2) is 13.8. The molecule has 1 aliphatic rings. The summed E-state index contributed by atoms with van der Waals surface area (Å²) in [5, 5.41) is 15.4. The summed E-state index contributed by atoms with van der Waals surface area (Å²) in [4.78, 5) is 14.9. The van der Waals surface area contributed by atoms with Gasteiger partial charge in [0.25, 0.3) is 0 Å². The molecule has 9 heteroatoms. The minimum absolute atomic E-state index is 0.0530. The van der Waals surface area contributed by atoms with E-state index in [-0.39, 0.29) is 24.7 Å². The summed E-state index contributed by atoms with van der Waals surface area (Å²) in [6.07, 6.45) is -0.777. The molecule has 0 saturated carbocycles. The largest absolute Gasteiger partial charge is 0.391 e. The third kappa shape index (κ3) is 8.92. The SMILES string of the molecule is CNC[C@@H](CC(=O)N1CCC[C@@H]([C@@](O)(CCCCOC)c2cccc(Cl)c2)C1)CC(C)C(F)(F)F. The first-order chi connectivity index (χ1) is 16.5. The highest BCUT2D eigenvalue weighted by Crippen LogP contribution is 2.41. The van der Waals surface area contributed by atoms with E-state index >= 15 is 0 Å². The zero-order chi connectivity index (χ0) is 26.1. The van der Waals surface area contributed by atoms with E-state index in [4.69, 9.17) is 16.3 Å². The number of piperidine rings is 1. The van der Waals surface area contributed by atoms with Crippen molar-refractivity contribution in [3.05, 3.63) is 34.9 Å². The molecular formula is C26H40ClF3N2O3. The molecule has 5 nitrogen and oxygen atoms in total. The lowest BCUT2D eigenvalue weighted by Gasteiger charge is -2.43. The average molecular weight is 521 g/mol. The Morgan fingerprint density at radius 2 is 2.09 bits per heavy atom. The van der Waals surface area contributed by atoms with Gasteiger partial charge in [-0.05, 0) is 75.7 Å². The number of unbranched alkanes of at least 4 members (excludes halogenated alkanes) is 1. The molecule has 1 aromatic carbocycles. The zero-order valence-corrected chi connectivity index (χ0v) is 21.8. The molecule has 0 spiro atoms. The van der Waals surface area contributed by atoms with Crippen molar-refractivity contribution in [2.24, 2.45) is 17.8 Å². The number of halogens is 4. The highest BCUT2D eigenvalue weighted by molar-refractivity contribution is 6.30. The Bertz CT molecular complexity index is 795. The number of amides is 1. The number of rotatable bonds is 13. The molecule has 0 radical (unpaired) electrons. The fraction of sp³-hybridized carbons (Fsp3) is 0.731. The molecule has 0 aromatic heterocycles. The average Bonchev–Trinajstić information content (AvgIpc) is 2.81. The summed E-state index contributed by atoms with van der Waals surface area (Å²) in [5.74, 6) is -2.23. The highest BCUT2D eigenvalue weighted by Gasteiger charge is 2.42. The van der Waals surface area contributed by atoms with Crippen LogP contribution in [0.1, 0.15) is 57.4 Å². The van der Waals surface area contributed by atoms with Gasteiger partial charge in [-0.15, -0.1) is 0 Å². The number of aliphatic hydroxyl groups is 1. The van der Waals surface area contributed by atoms with Crippen LogP contribution in [0.15, 0.2) is 24.3 Å². The summed E-state index contributed by atoms with van der Waals surface area (Å²) in [7, 11) is 3.33. The first-order valence-electron chi connectivity index (χ1n) is 12.5. The smallest absolute Gasteiger partial charge is 0.385 e. The number of carbonyl (C=O) groups is 1. The van der Waals surface area contributed by atoms with E-state index in [9.17, 15) is 23.1 Å². The van der Waals surface area contributed by atoms with Gasteiger partial charge in [0.15, 0.2) is 0 Å². The number of nitrogens with one attached hydrogen (secondary N) is 1. The van der Waals surface area contributed by atoms with Crippen LogP contribution in [0.4, 0.5) is 13.2 Å². The Morgan fingerprint density at radius 3 is 2.71 bits per heavy atom. The summed E-state index contributed by atoms with van der Waals surface area (Å²) in [5.41, 5.74) is -0.430. The third-order valence-electron chi connectivity index (χ3n) is 7.13. The topological polar surface area (TPSA) is 61.8 Å². The van der Waals surface area contributed by atoms with Crippen molar-refractivity contribution < 1.29 is 27.8 Å². The van der Waals surface area contributed by atoms with Crippen molar-refractivity contribution in [3.8, 4) is 0 Å². The van der Waals surface area contributed by atoms with Crippen molar-refractivity contribution in [1.29, 1.82) is 0 Å². The van der Waals surface area contributed by atoms with Gasteiger partial charge >= 0.3 is 6.18 Å². The van der Waals surface area contributed by atoms with Gasteiger partial charge in [0.2, 0.25) is 5.91 Å². The van der Waals surface area contributed by atoms with Crippen LogP contribution >= 0.6 is 11.6 Å². The van der Waals surface area contributed by atoms with Gasteiger partial charge in [-0.25, -0.2) is 0 Å². The summed E-state index contributed by atoms with van der Waals surface area (Å²) >= 11 is 6.23. The Morgan fingerprint density at radius 1 is 1.34 bits per heavy atom. The van der Waals surface area contributed by atoms with Crippen LogP contribution in [0.2, 0.25) is 5.02 Å². The first-order valence-corrected chi connectivity index (χ1v) is 12.9. The Balaban J connectivity index is 2.15. The van der Waals surface area contributed by atoms with Crippen molar-refractivity contribution in [2.75, 3.05) is 40.4 Å². The van der Waals surface area contributed by atoms with Crippen molar-refractivity contribution in [3.63, 3.8) is 0 Å². The normalized spacial score (nSPS) is 20.3. The maximum Gasteiger partial charge on any atom is 0.391 e. The molecule has 1 amide bonds. The Kier molecular flexibility index (Phi) is 11.8. The van der Waals surface area contributed by atoms with Crippen LogP contribution in [-0.2, 0) is 15.1 Å². The number of likely N-dealkylation sites (tertiary alicyclic amines) is 1. The lowest BCUT2D eigenvalue weighted by molar-refractivity contribution is -0.174. The number of hydrogen-bond acceptors (Lipinski definition) is 4. The first kappa shape index (κ1) is 29.9. The standard InChI is InChI=1S/C26H40ClF3N2O3/c1-19(26(28,29)30)14-20(17-31-2)15-24(33)32-12-7-9-22(18-32)25(34,11-4-5-13-35-3)21-8-6-10-23(27)16-21/h6,8,10,16,19-20,22,31,34H,4-5,7,9,11-15,17-18H2,1-3H3/t19?,20-,22-,25-/m1/s1. The number of ether oxygens (including phenoxy) is 1. The molecule has 200 valence electrons. The van der Waals surface area contributed by atoms with Gasteiger partial charge in [-0.1, -0.05) is 30.7 Å². The third-order valence-corrected chi connectivity index (χ3v) is 7.37. The molecule has 1 aliphatic heterocycles. The molecule has 1 fully saturated rings. The molecule has 1 heterocycles. The summed E-state index contributed by atoms with van der Waals surface area (Å²) < 4.78 is 44.5. The molecule has 2 rings (SSSR count). The molecule has 0 aliphatic carbocycles. The van der Waals surface area contributed by atoms with Crippen molar-refractivity contribution >= 4 is 17.5 Å². The number of hydrogen-bond donors (Lipinski definition) is 2. The summed E-state index contributed by atoms with van der Waals surface area (Å²) in [6.45, 7) is 3.02. The van der Waals surface area contributed by atoms with E-state index in [2.05, 4.69) is 5.32 Å². The van der Waals surface area contributed by atoms with E-state index in [1.807, 2.05) is 12.1 Å². The monoisotopic (exact) mass is 520 g/mol. The van der Waals surface area contributed by atoms with Crippen molar-refractivity contribution in [2.45, 2.75) is 63.6 Å². The lowest BCUT2D eigenvalue weighted by Crippen LogP contribution is -2.48. The van der Waals surface area contributed by atoms with Crippen LogP contribution in [0.25, 0.3) is 0 Å². The molecule has 1 saturated heterocycles. The molecule has 2 N–H and O–H groups in total. The fourth-order valence-corrected chi connectivity index (χ4v) is 5.30. The number of benzene rings is 1. The molecular weight excluding hydrogens is 481 g/mol. The number of methoxy groups -OCH3 is 1. The van der Waals surface area contributed by atoms with E-state index in [1.165, 1.54) is 6.92 Å². The molecule has 1 aromatic rings. The van der Waals surface area contributed by atoms with Crippen LogP contribution in [0, 0.1) is 17.8 Å². The van der Waals surface area contributed by atoms with Gasteiger partial charge in [0, 0.05) is 44.2 Å². The Hall–Kier alpha value is -1.35. The molecule has 0 bridgehead atoms. The van der Waals surface area contributed by atoms with E-state index in [0.717, 1.165) is 31.2 Å². The van der Waals surface area contributed by atoms with Gasteiger partial charge in [0.1, 0.15) is 0 Å². The van der Waals surface area contributed by atoms with Gasteiger partial charge < -0.3 is 20.1 Å². The maximum absolute atomic E-state index is 13.2. The minimum atomic E-state index is -4.28. The summed E-state index contributed by atoms with van der Waals surface area (Å²) in [6, 6.07) is 7.22. The molecule has 35 heavy (non-hydrogen) atoms. The minimum Gasteiger partial charge on any atom is -0.385 e. The Labute approximate surface area is 212 Å². The van der Waals surface area contributed by atoms with E-state index in [0.29, 0.717) is 37.7 Å². The van der Waals surface area contributed by atoms with Crippen LogP contribution in [-0.4, -0.2) is 62.5 Å². The van der Waals surface area contributed by atoms with Gasteiger partial charge in [-0.2, -0.15) is 13.2 Å². The second-order valence-electron chi connectivity index (χ2n) is 9.87. The van der Waals surface area contributed by atoms with Crippen molar-refractivity contribution in [1.82, 2.24) is 10.2 Å². The fourth-order valence-electron chi connectivity index (χ4n) is 5.11.